The molecule has 0 amide bonds. The Labute approximate surface area is 107 Å². The molecule has 1 rings (SSSR count). The predicted octanol–water partition coefficient (Wildman–Crippen LogP) is 0.262. The quantitative estimate of drug-likeness (QED) is 0.806. The highest BCUT2D eigenvalue weighted by molar-refractivity contribution is 7.95. The minimum Gasteiger partial charge on any atom is -0.396 e. The summed E-state index contributed by atoms with van der Waals surface area (Å²) in [7, 11) is -7.09. The first-order valence-electron chi connectivity index (χ1n) is 5.42. The maximum atomic E-state index is 11.9. The van der Waals surface area contributed by atoms with E-state index in [1.807, 2.05) is 0 Å². The maximum Gasteiger partial charge on any atom is 0.198 e. The van der Waals surface area contributed by atoms with Crippen LogP contribution in [0.25, 0.3) is 0 Å². The molecule has 0 saturated heterocycles. The number of nitrogens with two attached hydrogens (primary N) is 1. The number of hydrogen-bond acceptors (Lipinski definition) is 6. The zero-order valence-corrected chi connectivity index (χ0v) is 11.7. The Balaban J connectivity index is 2.88. The van der Waals surface area contributed by atoms with Crippen LogP contribution in [-0.2, 0) is 19.7 Å². The summed E-state index contributed by atoms with van der Waals surface area (Å²) < 4.78 is 46.7. The van der Waals surface area contributed by atoms with Gasteiger partial charge in [0, 0.05) is 11.9 Å². The van der Waals surface area contributed by atoms with Crippen LogP contribution in [0.2, 0.25) is 0 Å². The van der Waals surface area contributed by atoms with Crippen LogP contribution in [0.4, 0.5) is 5.69 Å². The summed E-state index contributed by atoms with van der Waals surface area (Å²) in [4.78, 5) is 3.69. The molecule has 1 aromatic rings. The molecule has 2 N–H and O–H groups in total. The molecule has 0 unspecified atom stereocenters. The van der Waals surface area contributed by atoms with Crippen LogP contribution < -0.4 is 5.73 Å². The van der Waals surface area contributed by atoms with Crippen molar-refractivity contribution in [3.05, 3.63) is 18.3 Å². The van der Waals surface area contributed by atoms with E-state index in [0.29, 0.717) is 6.42 Å². The molecule has 0 radical (unpaired) electrons. The number of anilines is 1. The van der Waals surface area contributed by atoms with E-state index in [0.717, 1.165) is 0 Å². The standard InChI is InChI=1S/C10H16N2O4S2/c1-2-6-17(13,14)7-8-18(15,16)10-9(11)4-3-5-12-10/h3-5H,2,6-8,11H2,1H3. The summed E-state index contributed by atoms with van der Waals surface area (Å²) in [6.45, 7) is 1.72. The first kappa shape index (κ1) is 14.9. The number of sulfone groups is 2. The molecule has 0 fully saturated rings. The van der Waals surface area contributed by atoms with E-state index in [4.69, 9.17) is 5.73 Å². The van der Waals surface area contributed by atoms with Gasteiger partial charge in [-0.1, -0.05) is 6.92 Å². The molecular weight excluding hydrogens is 276 g/mol. The smallest absolute Gasteiger partial charge is 0.198 e. The van der Waals surface area contributed by atoms with Gasteiger partial charge < -0.3 is 5.73 Å². The van der Waals surface area contributed by atoms with Gasteiger partial charge in [0.1, 0.15) is 0 Å². The van der Waals surface area contributed by atoms with Crippen LogP contribution in [0.15, 0.2) is 23.4 Å². The van der Waals surface area contributed by atoms with Crippen molar-refractivity contribution in [2.75, 3.05) is 23.0 Å². The van der Waals surface area contributed by atoms with Crippen molar-refractivity contribution in [1.29, 1.82) is 0 Å². The van der Waals surface area contributed by atoms with Crippen molar-refractivity contribution < 1.29 is 16.8 Å². The molecule has 1 heterocycles. The average Bonchev–Trinajstić information content (AvgIpc) is 2.27. The first-order chi connectivity index (χ1) is 8.28. The largest absolute Gasteiger partial charge is 0.396 e. The Morgan fingerprint density at radius 3 is 2.39 bits per heavy atom. The lowest BCUT2D eigenvalue weighted by molar-refractivity contribution is 0.585. The summed E-state index contributed by atoms with van der Waals surface area (Å²) >= 11 is 0. The average molecular weight is 292 g/mol. The molecule has 0 atom stereocenters. The number of nitrogen functional groups attached to an aromatic ring is 1. The van der Waals surface area contributed by atoms with E-state index < -0.39 is 31.2 Å². The van der Waals surface area contributed by atoms with Gasteiger partial charge in [-0.2, -0.15) is 0 Å². The van der Waals surface area contributed by atoms with Crippen molar-refractivity contribution in [2.24, 2.45) is 0 Å². The highest BCUT2D eigenvalue weighted by Gasteiger charge is 2.22. The van der Waals surface area contributed by atoms with Crippen LogP contribution in [0, 0.1) is 0 Å². The molecule has 0 spiro atoms. The third-order valence-electron chi connectivity index (χ3n) is 2.27. The highest BCUT2D eigenvalue weighted by Crippen LogP contribution is 2.16. The molecule has 6 nitrogen and oxygen atoms in total. The minimum atomic E-state index is -3.76. The van der Waals surface area contributed by atoms with E-state index in [1.165, 1.54) is 18.3 Å². The fraction of sp³-hybridized carbons (Fsp3) is 0.500. The number of hydrogen-bond donors (Lipinski definition) is 1. The van der Waals surface area contributed by atoms with Crippen molar-refractivity contribution in [2.45, 2.75) is 18.4 Å². The number of pyridine rings is 1. The van der Waals surface area contributed by atoms with Gasteiger partial charge in [-0.3, -0.25) is 0 Å². The number of nitrogens with zero attached hydrogens (tertiary/aromatic N) is 1. The van der Waals surface area contributed by atoms with Crippen molar-refractivity contribution >= 4 is 25.4 Å². The van der Waals surface area contributed by atoms with Gasteiger partial charge in [-0.15, -0.1) is 0 Å². The summed E-state index contributed by atoms with van der Waals surface area (Å²) in [5.41, 5.74) is 5.55. The van der Waals surface area contributed by atoms with Crippen molar-refractivity contribution in [3.63, 3.8) is 0 Å². The lowest BCUT2D eigenvalue weighted by atomic mass is 10.4. The van der Waals surface area contributed by atoms with Gasteiger partial charge in [0.2, 0.25) is 0 Å². The number of aromatic nitrogens is 1. The van der Waals surface area contributed by atoms with Gasteiger partial charge in [0.15, 0.2) is 24.7 Å². The molecule has 1 aromatic heterocycles. The zero-order valence-electron chi connectivity index (χ0n) is 10.0. The second kappa shape index (κ2) is 5.66. The van der Waals surface area contributed by atoms with Crippen LogP contribution in [0.1, 0.15) is 13.3 Å². The third kappa shape index (κ3) is 3.95. The van der Waals surface area contributed by atoms with Gasteiger partial charge in [0.25, 0.3) is 0 Å². The SMILES string of the molecule is CCCS(=O)(=O)CCS(=O)(=O)c1ncccc1N. The predicted molar refractivity (Wildman–Crippen MR) is 69.6 cm³/mol. The molecule has 0 saturated carbocycles. The molecule has 0 aliphatic carbocycles. The lowest BCUT2D eigenvalue weighted by Crippen LogP contribution is -2.20. The second-order valence-electron chi connectivity index (χ2n) is 3.87. The van der Waals surface area contributed by atoms with E-state index >= 15 is 0 Å². The zero-order chi connectivity index (χ0) is 13.8. The Bertz CT molecular complexity index is 609. The van der Waals surface area contributed by atoms with Crippen LogP contribution >= 0.6 is 0 Å². The van der Waals surface area contributed by atoms with Crippen molar-refractivity contribution in [1.82, 2.24) is 4.98 Å². The molecular formula is C10H16N2O4S2. The maximum absolute atomic E-state index is 11.9. The third-order valence-corrected chi connectivity index (χ3v) is 6.06. The van der Waals surface area contributed by atoms with Crippen LogP contribution in [-0.4, -0.2) is 39.1 Å². The van der Waals surface area contributed by atoms with Crippen LogP contribution in [0.5, 0.6) is 0 Å². The van der Waals surface area contributed by atoms with Crippen LogP contribution in [0.3, 0.4) is 0 Å². The Morgan fingerprint density at radius 1 is 1.17 bits per heavy atom. The van der Waals surface area contributed by atoms with E-state index in [-0.39, 0.29) is 16.5 Å². The fourth-order valence-electron chi connectivity index (χ4n) is 1.41. The summed E-state index contributed by atoms with van der Waals surface area (Å²) in [5.74, 6) is -0.907. The lowest BCUT2D eigenvalue weighted by Gasteiger charge is -2.06. The summed E-state index contributed by atoms with van der Waals surface area (Å²) in [5, 5.41) is -0.253. The van der Waals surface area contributed by atoms with E-state index in [9.17, 15) is 16.8 Å². The molecule has 0 aliphatic rings. The normalized spacial score (nSPS) is 12.5. The Hall–Kier alpha value is -1.15. The monoisotopic (exact) mass is 292 g/mol. The molecule has 0 bridgehead atoms. The minimum absolute atomic E-state index is 0.0137. The first-order valence-corrected chi connectivity index (χ1v) is 8.89. The molecule has 0 aromatic carbocycles. The van der Waals surface area contributed by atoms with Gasteiger partial charge in [-0.25, -0.2) is 21.8 Å². The van der Waals surface area contributed by atoms with E-state index in [1.54, 1.807) is 6.92 Å². The highest BCUT2D eigenvalue weighted by atomic mass is 32.2. The summed E-state index contributed by atoms with van der Waals surface area (Å²) in [6.07, 6.45) is 1.78. The molecule has 102 valence electrons. The van der Waals surface area contributed by atoms with Gasteiger partial charge in [0.05, 0.1) is 17.2 Å². The van der Waals surface area contributed by atoms with Gasteiger partial charge in [-0.05, 0) is 18.6 Å². The van der Waals surface area contributed by atoms with E-state index in [2.05, 4.69) is 4.98 Å². The van der Waals surface area contributed by atoms with Gasteiger partial charge >= 0.3 is 0 Å². The van der Waals surface area contributed by atoms with Crippen molar-refractivity contribution in [3.8, 4) is 0 Å². The topological polar surface area (TPSA) is 107 Å². The Kier molecular flexibility index (Phi) is 4.69. The summed E-state index contributed by atoms with van der Waals surface area (Å²) in [6, 6.07) is 2.93. The fourth-order valence-corrected chi connectivity index (χ4v) is 4.97. The molecule has 18 heavy (non-hydrogen) atoms. The Morgan fingerprint density at radius 2 is 1.83 bits per heavy atom. The molecule has 8 heteroatoms. The molecule has 0 aliphatic heterocycles. The number of rotatable bonds is 6. The second-order valence-corrected chi connectivity index (χ2v) is 8.20.